The SMILES string of the molecule is CC(Sc1ncnc2ccccc12)C(=O)N(C)c1ccccc1. The van der Waals surface area contributed by atoms with Crippen molar-refractivity contribution in [1.82, 2.24) is 9.97 Å². The van der Waals surface area contributed by atoms with E-state index in [-0.39, 0.29) is 11.2 Å². The monoisotopic (exact) mass is 323 g/mol. The molecular formula is C18H17N3OS. The molecule has 0 spiro atoms. The minimum absolute atomic E-state index is 0.0453. The zero-order valence-corrected chi connectivity index (χ0v) is 13.8. The number of hydrogen-bond donors (Lipinski definition) is 0. The number of aromatic nitrogens is 2. The highest BCUT2D eigenvalue weighted by molar-refractivity contribution is 8.00. The second kappa shape index (κ2) is 6.79. The lowest BCUT2D eigenvalue weighted by molar-refractivity contribution is -0.117. The molecule has 0 aliphatic rings. The lowest BCUT2D eigenvalue weighted by Gasteiger charge is -2.21. The number of fused-ring (bicyclic) bond motifs is 1. The number of para-hydroxylation sites is 2. The molecule has 0 aliphatic heterocycles. The molecule has 0 N–H and O–H groups in total. The first-order valence-electron chi connectivity index (χ1n) is 7.36. The summed E-state index contributed by atoms with van der Waals surface area (Å²) in [5, 5.41) is 1.57. The lowest BCUT2D eigenvalue weighted by atomic mass is 10.2. The Hall–Kier alpha value is -2.40. The summed E-state index contributed by atoms with van der Waals surface area (Å²) in [6.07, 6.45) is 1.54. The molecule has 1 heterocycles. The van der Waals surface area contributed by atoms with Crippen LogP contribution in [0.1, 0.15) is 6.92 Å². The van der Waals surface area contributed by atoms with Crippen LogP contribution < -0.4 is 4.90 Å². The Labute approximate surface area is 139 Å². The molecule has 1 aromatic heterocycles. The maximum Gasteiger partial charge on any atom is 0.239 e. The number of benzene rings is 2. The Balaban J connectivity index is 1.80. The number of amides is 1. The molecule has 3 rings (SSSR count). The van der Waals surface area contributed by atoms with E-state index < -0.39 is 0 Å². The van der Waals surface area contributed by atoms with Gasteiger partial charge in [0.25, 0.3) is 0 Å². The van der Waals surface area contributed by atoms with Gasteiger partial charge < -0.3 is 4.90 Å². The maximum atomic E-state index is 12.6. The predicted molar refractivity (Wildman–Crippen MR) is 94.7 cm³/mol. The molecule has 3 aromatic rings. The Morgan fingerprint density at radius 2 is 1.74 bits per heavy atom. The number of hydrogen-bond acceptors (Lipinski definition) is 4. The number of carbonyl (C=O) groups is 1. The van der Waals surface area contributed by atoms with Gasteiger partial charge in [0.1, 0.15) is 11.4 Å². The summed E-state index contributed by atoms with van der Waals surface area (Å²) in [5.74, 6) is 0.0453. The first-order chi connectivity index (χ1) is 11.2. The van der Waals surface area contributed by atoms with E-state index in [2.05, 4.69) is 9.97 Å². The van der Waals surface area contributed by atoms with Crippen LogP contribution in [0.15, 0.2) is 66.0 Å². The van der Waals surface area contributed by atoms with Crippen LogP contribution in [0.2, 0.25) is 0 Å². The zero-order chi connectivity index (χ0) is 16.2. The van der Waals surface area contributed by atoms with Crippen LogP contribution in [0.25, 0.3) is 10.9 Å². The highest BCUT2D eigenvalue weighted by Crippen LogP contribution is 2.29. The topological polar surface area (TPSA) is 46.1 Å². The Morgan fingerprint density at radius 1 is 1.04 bits per heavy atom. The lowest BCUT2D eigenvalue weighted by Crippen LogP contribution is -2.33. The smallest absolute Gasteiger partial charge is 0.239 e. The molecular weight excluding hydrogens is 306 g/mol. The summed E-state index contributed by atoms with van der Waals surface area (Å²) in [5.41, 5.74) is 1.78. The Morgan fingerprint density at radius 3 is 2.52 bits per heavy atom. The Kier molecular flexibility index (Phi) is 4.57. The molecule has 0 saturated heterocycles. The van der Waals surface area contributed by atoms with E-state index in [1.807, 2.05) is 61.5 Å². The van der Waals surface area contributed by atoms with Crippen molar-refractivity contribution in [3.05, 3.63) is 60.9 Å². The third kappa shape index (κ3) is 3.35. The van der Waals surface area contributed by atoms with E-state index in [1.165, 1.54) is 11.8 Å². The minimum atomic E-state index is -0.237. The van der Waals surface area contributed by atoms with Crippen molar-refractivity contribution in [2.45, 2.75) is 17.2 Å². The average Bonchev–Trinajstić information content (AvgIpc) is 2.61. The van der Waals surface area contributed by atoms with E-state index in [9.17, 15) is 4.79 Å². The number of carbonyl (C=O) groups excluding carboxylic acids is 1. The Bertz CT molecular complexity index is 817. The fourth-order valence-electron chi connectivity index (χ4n) is 2.34. The third-order valence-electron chi connectivity index (χ3n) is 3.62. The number of rotatable bonds is 4. The van der Waals surface area contributed by atoms with Crippen LogP contribution in [0.4, 0.5) is 5.69 Å². The van der Waals surface area contributed by atoms with Crippen LogP contribution in [0.5, 0.6) is 0 Å². The summed E-state index contributed by atoms with van der Waals surface area (Å²) in [4.78, 5) is 22.9. The zero-order valence-electron chi connectivity index (χ0n) is 13.0. The van der Waals surface area contributed by atoms with E-state index in [1.54, 1.807) is 18.3 Å². The number of nitrogens with zero attached hydrogens (tertiary/aromatic N) is 3. The van der Waals surface area contributed by atoms with Crippen LogP contribution in [0, 0.1) is 0 Å². The largest absolute Gasteiger partial charge is 0.315 e. The fraction of sp³-hybridized carbons (Fsp3) is 0.167. The molecule has 116 valence electrons. The van der Waals surface area contributed by atoms with Crippen molar-refractivity contribution < 1.29 is 4.79 Å². The second-order valence-electron chi connectivity index (χ2n) is 5.19. The normalized spacial score (nSPS) is 12.1. The first kappa shape index (κ1) is 15.5. The van der Waals surface area contributed by atoms with E-state index >= 15 is 0 Å². The highest BCUT2D eigenvalue weighted by Gasteiger charge is 2.21. The van der Waals surface area contributed by atoms with Gasteiger partial charge >= 0.3 is 0 Å². The maximum absolute atomic E-state index is 12.6. The molecule has 0 fully saturated rings. The summed E-state index contributed by atoms with van der Waals surface area (Å²) in [7, 11) is 1.80. The van der Waals surface area contributed by atoms with Crippen molar-refractivity contribution in [3.63, 3.8) is 0 Å². The molecule has 0 saturated carbocycles. The van der Waals surface area contributed by atoms with Gasteiger partial charge in [-0.2, -0.15) is 0 Å². The molecule has 1 unspecified atom stereocenters. The predicted octanol–water partition coefficient (Wildman–Crippen LogP) is 3.77. The van der Waals surface area contributed by atoms with Gasteiger partial charge in [-0.05, 0) is 25.1 Å². The number of anilines is 1. The molecule has 5 heteroatoms. The molecule has 1 amide bonds. The summed E-state index contributed by atoms with van der Waals surface area (Å²) in [6.45, 7) is 1.91. The van der Waals surface area contributed by atoms with Crippen molar-refractivity contribution in [2.24, 2.45) is 0 Å². The highest BCUT2D eigenvalue weighted by atomic mass is 32.2. The van der Waals surface area contributed by atoms with Gasteiger partial charge in [-0.25, -0.2) is 9.97 Å². The van der Waals surface area contributed by atoms with Crippen LogP contribution in [-0.2, 0) is 4.79 Å². The van der Waals surface area contributed by atoms with Crippen molar-refractivity contribution in [3.8, 4) is 0 Å². The van der Waals surface area contributed by atoms with Gasteiger partial charge in [0.15, 0.2) is 0 Å². The third-order valence-corrected chi connectivity index (χ3v) is 4.72. The summed E-state index contributed by atoms with van der Waals surface area (Å²) in [6, 6.07) is 17.5. The van der Waals surface area contributed by atoms with Crippen molar-refractivity contribution >= 4 is 34.3 Å². The van der Waals surface area contributed by atoms with Crippen LogP contribution in [-0.4, -0.2) is 28.2 Å². The van der Waals surface area contributed by atoms with Crippen molar-refractivity contribution in [1.29, 1.82) is 0 Å². The molecule has 1 atom stereocenters. The molecule has 23 heavy (non-hydrogen) atoms. The standard InChI is InChI=1S/C18H17N3OS/c1-13(18(22)21(2)14-8-4-3-5-9-14)23-17-15-10-6-7-11-16(15)19-12-20-17/h3-13H,1-2H3. The van der Waals surface area contributed by atoms with Gasteiger partial charge in [-0.1, -0.05) is 48.2 Å². The summed E-state index contributed by atoms with van der Waals surface area (Å²) < 4.78 is 0. The number of thioether (sulfide) groups is 1. The van der Waals surface area contributed by atoms with Crippen LogP contribution in [0.3, 0.4) is 0 Å². The van der Waals surface area contributed by atoms with E-state index in [0.29, 0.717) is 0 Å². The first-order valence-corrected chi connectivity index (χ1v) is 8.24. The van der Waals surface area contributed by atoms with Gasteiger partial charge in [0.05, 0.1) is 10.8 Å². The van der Waals surface area contributed by atoms with Crippen LogP contribution >= 0.6 is 11.8 Å². The van der Waals surface area contributed by atoms with Crippen molar-refractivity contribution in [2.75, 3.05) is 11.9 Å². The van der Waals surface area contributed by atoms with Gasteiger partial charge in [-0.15, -0.1) is 0 Å². The molecule has 0 aliphatic carbocycles. The van der Waals surface area contributed by atoms with Gasteiger partial charge in [0.2, 0.25) is 5.91 Å². The van der Waals surface area contributed by atoms with Gasteiger partial charge in [0, 0.05) is 18.1 Å². The quantitative estimate of drug-likeness (QED) is 0.541. The molecule has 4 nitrogen and oxygen atoms in total. The molecule has 0 radical (unpaired) electrons. The molecule has 0 bridgehead atoms. The van der Waals surface area contributed by atoms with E-state index in [0.717, 1.165) is 21.6 Å². The van der Waals surface area contributed by atoms with Gasteiger partial charge in [-0.3, -0.25) is 4.79 Å². The van der Waals surface area contributed by atoms with E-state index in [4.69, 9.17) is 0 Å². The second-order valence-corrected chi connectivity index (χ2v) is 6.52. The fourth-order valence-corrected chi connectivity index (χ4v) is 3.34. The summed E-state index contributed by atoms with van der Waals surface area (Å²) >= 11 is 1.46. The average molecular weight is 323 g/mol. The minimum Gasteiger partial charge on any atom is -0.315 e. The molecule has 2 aromatic carbocycles.